The third kappa shape index (κ3) is 1.30. The van der Waals surface area contributed by atoms with Crippen molar-refractivity contribution in [2.45, 2.75) is 13.3 Å². The van der Waals surface area contributed by atoms with Gasteiger partial charge < -0.3 is 0 Å². The van der Waals surface area contributed by atoms with Crippen LogP contribution < -0.4 is 0 Å². The Kier molecular flexibility index (Phi) is 1.86. The molecular weight excluding hydrogens is 130 g/mol. The van der Waals surface area contributed by atoms with E-state index >= 15 is 0 Å². The highest BCUT2D eigenvalue weighted by molar-refractivity contribution is 7.10. The molecule has 2 heteroatoms. The van der Waals surface area contributed by atoms with Crippen molar-refractivity contribution in [2.24, 2.45) is 0 Å². The minimum atomic E-state index is 0.789. The maximum absolute atomic E-state index is 8.40. The van der Waals surface area contributed by atoms with Crippen molar-refractivity contribution < 1.29 is 0 Å². The van der Waals surface area contributed by atoms with Gasteiger partial charge in [-0.15, -0.1) is 11.3 Å². The number of aryl methyl sites for hydroxylation is 1. The lowest BCUT2D eigenvalue weighted by atomic mass is 10.3. The van der Waals surface area contributed by atoms with Crippen LogP contribution in [0.15, 0.2) is 11.4 Å². The molecule has 1 heterocycles. The zero-order valence-corrected chi connectivity index (χ0v) is 6.03. The van der Waals surface area contributed by atoms with Gasteiger partial charge in [0.25, 0.3) is 0 Å². The number of rotatable bonds is 1. The fourth-order valence-corrected chi connectivity index (χ4v) is 1.39. The van der Waals surface area contributed by atoms with Crippen molar-refractivity contribution in [1.82, 2.24) is 0 Å². The normalized spacial score (nSPS) is 8.89. The van der Waals surface area contributed by atoms with Crippen molar-refractivity contribution in [1.29, 1.82) is 5.26 Å². The Bertz CT molecular complexity index is 231. The first-order chi connectivity index (χ1) is 4.36. The van der Waals surface area contributed by atoms with Gasteiger partial charge in [-0.3, -0.25) is 0 Å². The molecule has 0 aromatic carbocycles. The summed E-state index contributed by atoms with van der Waals surface area (Å²) in [6.45, 7) is 2.09. The molecule has 9 heavy (non-hydrogen) atoms. The summed E-state index contributed by atoms with van der Waals surface area (Å²) in [6.07, 6.45) is 1.03. The van der Waals surface area contributed by atoms with Gasteiger partial charge in [-0.2, -0.15) is 5.26 Å². The van der Waals surface area contributed by atoms with Crippen LogP contribution in [-0.4, -0.2) is 0 Å². The van der Waals surface area contributed by atoms with Crippen LogP contribution in [0.4, 0.5) is 0 Å². The van der Waals surface area contributed by atoms with E-state index in [1.54, 1.807) is 11.3 Å². The highest BCUT2D eigenvalue weighted by Crippen LogP contribution is 2.13. The molecular formula is C7H7NS. The number of hydrogen-bond acceptors (Lipinski definition) is 2. The Morgan fingerprint density at radius 2 is 2.56 bits per heavy atom. The fourth-order valence-electron chi connectivity index (χ4n) is 0.625. The summed E-state index contributed by atoms with van der Waals surface area (Å²) >= 11 is 1.65. The second-order valence-corrected chi connectivity index (χ2v) is 2.76. The lowest BCUT2D eigenvalue weighted by Gasteiger charge is -1.79. The Morgan fingerprint density at radius 1 is 1.78 bits per heavy atom. The summed E-state index contributed by atoms with van der Waals surface area (Å²) in [5, 5.41) is 10.3. The number of hydrogen-bond donors (Lipinski definition) is 0. The van der Waals surface area contributed by atoms with Crippen molar-refractivity contribution in [3.8, 4) is 6.07 Å². The quantitative estimate of drug-likeness (QED) is 0.582. The minimum absolute atomic E-state index is 0.789. The molecule has 46 valence electrons. The molecule has 0 bridgehead atoms. The first-order valence-electron chi connectivity index (χ1n) is 2.84. The van der Waals surface area contributed by atoms with Crippen LogP contribution in [0, 0.1) is 11.3 Å². The van der Waals surface area contributed by atoms with Gasteiger partial charge in [0.05, 0.1) is 11.6 Å². The van der Waals surface area contributed by atoms with E-state index in [1.165, 1.54) is 4.88 Å². The zero-order chi connectivity index (χ0) is 6.69. The highest BCUT2D eigenvalue weighted by atomic mass is 32.1. The van der Waals surface area contributed by atoms with Crippen molar-refractivity contribution in [3.63, 3.8) is 0 Å². The molecule has 0 saturated carbocycles. The van der Waals surface area contributed by atoms with Crippen molar-refractivity contribution in [3.05, 3.63) is 21.9 Å². The molecule has 0 aliphatic rings. The molecule has 0 fully saturated rings. The summed E-state index contributed by atoms with van der Waals surface area (Å²) in [5.74, 6) is 0. The molecule has 0 amide bonds. The number of nitrogens with zero attached hydrogens (tertiary/aromatic N) is 1. The van der Waals surface area contributed by atoms with Gasteiger partial charge in [0.1, 0.15) is 0 Å². The molecule has 1 nitrogen and oxygen atoms in total. The summed E-state index contributed by atoms with van der Waals surface area (Å²) in [5.41, 5.74) is 0.789. The van der Waals surface area contributed by atoms with Crippen LogP contribution in [0.1, 0.15) is 17.4 Å². The Balaban J connectivity index is 2.90. The SMILES string of the molecule is CCc1cc(C#N)cs1. The standard InChI is InChI=1S/C7H7NS/c1-2-7-3-6(4-8)5-9-7/h3,5H,2H2,1H3. The van der Waals surface area contributed by atoms with Gasteiger partial charge in [-0.25, -0.2) is 0 Å². The van der Waals surface area contributed by atoms with Gasteiger partial charge in [0, 0.05) is 10.3 Å². The molecule has 0 saturated heterocycles. The predicted molar refractivity (Wildman–Crippen MR) is 38.4 cm³/mol. The molecule has 0 atom stereocenters. The van der Waals surface area contributed by atoms with Crippen molar-refractivity contribution >= 4 is 11.3 Å². The van der Waals surface area contributed by atoms with Crippen LogP contribution in [-0.2, 0) is 6.42 Å². The molecule has 0 aliphatic carbocycles. The van der Waals surface area contributed by atoms with Gasteiger partial charge in [0.2, 0.25) is 0 Å². The molecule has 0 radical (unpaired) electrons. The molecule has 0 unspecified atom stereocenters. The third-order valence-corrected chi connectivity index (χ3v) is 2.21. The van der Waals surface area contributed by atoms with Crippen LogP contribution in [0.2, 0.25) is 0 Å². The van der Waals surface area contributed by atoms with Gasteiger partial charge in [-0.05, 0) is 12.5 Å². The summed E-state index contributed by atoms with van der Waals surface area (Å²) in [7, 11) is 0. The monoisotopic (exact) mass is 137 g/mol. The van der Waals surface area contributed by atoms with E-state index in [1.807, 2.05) is 11.4 Å². The van der Waals surface area contributed by atoms with E-state index < -0.39 is 0 Å². The number of thiophene rings is 1. The second kappa shape index (κ2) is 2.65. The fraction of sp³-hybridized carbons (Fsp3) is 0.286. The molecule has 1 rings (SSSR count). The Morgan fingerprint density at radius 3 is 2.89 bits per heavy atom. The Hall–Kier alpha value is -0.810. The first kappa shape index (κ1) is 6.31. The largest absolute Gasteiger partial charge is 0.192 e. The lowest BCUT2D eigenvalue weighted by Crippen LogP contribution is -1.66. The van der Waals surface area contributed by atoms with Crippen LogP contribution >= 0.6 is 11.3 Å². The van der Waals surface area contributed by atoms with Crippen LogP contribution in [0.25, 0.3) is 0 Å². The topological polar surface area (TPSA) is 23.8 Å². The average Bonchev–Trinajstić information content (AvgIpc) is 2.34. The van der Waals surface area contributed by atoms with E-state index in [0.29, 0.717) is 0 Å². The third-order valence-electron chi connectivity index (χ3n) is 1.13. The maximum Gasteiger partial charge on any atom is 0.1000 e. The molecule has 1 aromatic heterocycles. The zero-order valence-electron chi connectivity index (χ0n) is 5.22. The van der Waals surface area contributed by atoms with E-state index in [9.17, 15) is 0 Å². The number of nitriles is 1. The van der Waals surface area contributed by atoms with Crippen LogP contribution in [0.3, 0.4) is 0 Å². The molecule has 0 spiro atoms. The van der Waals surface area contributed by atoms with E-state index in [4.69, 9.17) is 5.26 Å². The summed E-state index contributed by atoms with van der Waals surface area (Å²) < 4.78 is 0. The van der Waals surface area contributed by atoms with E-state index in [-0.39, 0.29) is 0 Å². The average molecular weight is 137 g/mol. The Labute approximate surface area is 58.6 Å². The van der Waals surface area contributed by atoms with Crippen LogP contribution in [0.5, 0.6) is 0 Å². The van der Waals surface area contributed by atoms with E-state index in [2.05, 4.69) is 13.0 Å². The molecule has 0 aliphatic heterocycles. The van der Waals surface area contributed by atoms with E-state index in [0.717, 1.165) is 12.0 Å². The lowest BCUT2D eigenvalue weighted by molar-refractivity contribution is 1.18. The molecule has 0 N–H and O–H groups in total. The summed E-state index contributed by atoms with van der Waals surface area (Å²) in [4.78, 5) is 1.28. The maximum atomic E-state index is 8.40. The highest BCUT2D eigenvalue weighted by Gasteiger charge is 1.93. The smallest absolute Gasteiger partial charge is 0.1000 e. The second-order valence-electron chi connectivity index (χ2n) is 1.77. The summed E-state index contributed by atoms with van der Waals surface area (Å²) in [6, 6.07) is 4.03. The van der Waals surface area contributed by atoms with Gasteiger partial charge in [-0.1, -0.05) is 6.92 Å². The van der Waals surface area contributed by atoms with Gasteiger partial charge in [0.15, 0.2) is 0 Å². The van der Waals surface area contributed by atoms with Gasteiger partial charge >= 0.3 is 0 Å². The van der Waals surface area contributed by atoms with Crippen molar-refractivity contribution in [2.75, 3.05) is 0 Å². The predicted octanol–water partition coefficient (Wildman–Crippen LogP) is 2.18. The minimum Gasteiger partial charge on any atom is -0.192 e. The molecule has 1 aromatic rings. The first-order valence-corrected chi connectivity index (χ1v) is 3.72.